The van der Waals surface area contributed by atoms with Crippen LogP contribution in [0, 0.1) is 23.7 Å². The molecular formula is C14H23NO3. The van der Waals surface area contributed by atoms with E-state index in [1.54, 1.807) is 0 Å². The van der Waals surface area contributed by atoms with Gasteiger partial charge in [-0.1, -0.05) is 13.8 Å². The Bertz CT molecular complexity index is 340. The number of hydrogen-bond donors (Lipinski definition) is 1. The van der Waals surface area contributed by atoms with Crippen molar-refractivity contribution < 1.29 is 14.7 Å². The summed E-state index contributed by atoms with van der Waals surface area (Å²) < 4.78 is 0. The Morgan fingerprint density at radius 3 is 2.33 bits per heavy atom. The van der Waals surface area contributed by atoms with Gasteiger partial charge in [-0.05, 0) is 37.5 Å². The first-order chi connectivity index (χ1) is 8.49. The zero-order chi connectivity index (χ0) is 13.3. The predicted molar refractivity (Wildman–Crippen MR) is 68.0 cm³/mol. The number of aliphatic carboxylic acids is 1. The molecule has 102 valence electrons. The van der Waals surface area contributed by atoms with E-state index in [0.717, 1.165) is 25.9 Å². The second-order valence-corrected chi connectivity index (χ2v) is 6.12. The van der Waals surface area contributed by atoms with Crippen LogP contribution in [0.3, 0.4) is 0 Å². The van der Waals surface area contributed by atoms with Crippen LogP contribution in [0.25, 0.3) is 0 Å². The quantitative estimate of drug-likeness (QED) is 0.837. The Morgan fingerprint density at radius 2 is 1.83 bits per heavy atom. The number of nitrogens with zero attached hydrogens (tertiary/aromatic N) is 1. The average Bonchev–Trinajstić information content (AvgIpc) is 2.97. The van der Waals surface area contributed by atoms with Crippen molar-refractivity contribution in [1.29, 1.82) is 0 Å². The molecule has 2 aliphatic rings. The lowest BCUT2D eigenvalue weighted by atomic mass is 9.95. The highest BCUT2D eigenvalue weighted by Gasteiger charge is 2.38. The molecule has 3 unspecified atom stereocenters. The molecule has 0 aromatic carbocycles. The summed E-state index contributed by atoms with van der Waals surface area (Å²) in [6.07, 6.45) is 3.04. The lowest BCUT2D eigenvalue weighted by Crippen LogP contribution is -2.34. The molecule has 0 bridgehead atoms. The van der Waals surface area contributed by atoms with Gasteiger partial charge in [-0.3, -0.25) is 9.59 Å². The highest BCUT2D eigenvalue weighted by Crippen LogP contribution is 2.34. The van der Waals surface area contributed by atoms with Gasteiger partial charge in [-0.25, -0.2) is 0 Å². The maximum atomic E-state index is 12.3. The second kappa shape index (κ2) is 5.29. The van der Waals surface area contributed by atoms with Crippen molar-refractivity contribution in [2.24, 2.45) is 23.7 Å². The van der Waals surface area contributed by atoms with E-state index in [4.69, 9.17) is 5.11 Å². The Kier molecular flexibility index (Phi) is 3.93. The van der Waals surface area contributed by atoms with Gasteiger partial charge in [0.1, 0.15) is 0 Å². The van der Waals surface area contributed by atoms with Crippen LogP contribution in [-0.4, -0.2) is 35.0 Å². The van der Waals surface area contributed by atoms with E-state index < -0.39 is 5.97 Å². The van der Waals surface area contributed by atoms with Gasteiger partial charge in [0.15, 0.2) is 0 Å². The Morgan fingerprint density at radius 1 is 1.17 bits per heavy atom. The van der Waals surface area contributed by atoms with Crippen molar-refractivity contribution in [2.75, 3.05) is 13.1 Å². The Balaban J connectivity index is 1.88. The summed E-state index contributed by atoms with van der Waals surface area (Å²) in [7, 11) is 0. The van der Waals surface area contributed by atoms with Crippen molar-refractivity contribution in [2.45, 2.75) is 39.5 Å². The van der Waals surface area contributed by atoms with Crippen molar-refractivity contribution >= 4 is 11.9 Å². The molecule has 2 rings (SSSR count). The summed E-state index contributed by atoms with van der Waals surface area (Å²) in [5.74, 6) is 0.344. The third-order valence-corrected chi connectivity index (χ3v) is 4.61. The zero-order valence-electron chi connectivity index (χ0n) is 11.3. The molecule has 3 atom stereocenters. The van der Waals surface area contributed by atoms with E-state index in [-0.39, 0.29) is 17.7 Å². The normalized spacial score (nSPS) is 32.2. The first-order valence-electron chi connectivity index (χ1n) is 7.00. The summed E-state index contributed by atoms with van der Waals surface area (Å²) in [6.45, 7) is 6.13. The number of likely N-dealkylation sites (tertiary alicyclic amines) is 1. The number of hydrogen-bond acceptors (Lipinski definition) is 2. The molecular weight excluding hydrogens is 230 g/mol. The van der Waals surface area contributed by atoms with Gasteiger partial charge in [0.25, 0.3) is 0 Å². The van der Waals surface area contributed by atoms with E-state index in [1.807, 2.05) is 4.90 Å². The fourth-order valence-electron chi connectivity index (χ4n) is 3.22. The van der Waals surface area contributed by atoms with E-state index in [0.29, 0.717) is 24.7 Å². The molecule has 1 amide bonds. The van der Waals surface area contributed by atoms with Crippen molar-refractivity contribution in [3.63, 3.8) is 0 Å². The van der Waals surface area contributed by atoms with Crippen LogP contribution in [0.2, 0.25) is 0 Å². The number of rotatable bonds is 3. The molecule has 18 heavy (non-hydrogen) atoms. The average molecular weight is 253 g/mol. The Hall–Kier alpha value is -1.06. The van der Waals surface area contributed by atoms with E-state index >= 15 is 0 Å². The van der Waals surface area contributed by atoms with Crippen LogP contribution in [-0.2, 0) is 9.59 Å². The summed E-state index contributed by atoms with van der Waals surface area (Å²) in [5.41, 5.74) is 0. The third kappa shape index (κ3) is 2.68. The molecule has 1 aliphatic heterocycles. The van der Waals surface area contributed by atoms with Gasteiger partial charge < -0.3 is 10.0 Å². The van der Waals surface area contributed by atoms with E-state index in [2.05, 4.69) is 13.8 Å². The Labute approximate surface area is 108 Å². The molecule has 0 spiro atoms. The minimum absolute atomic E-state index is 0.0444. The predicted octanol–water partition coefficient (Wildman–Crippen LogP) is 1.99. The van der Waals surface area contributed by atoms with Gasteiger partial charge in [0.05, 0.1) is 5.92 Å². The fraction of sp³-hybridized carbons (Fsp3) is 0.857. The fourth-order valence-corrected chi connectivity index (χ4v) is 3.22. The summed E-state index contributed by atoms with van der Waals surface area (Å²) in [6, 6.07) is 0. The van der Waals surface area contributed by atoms with E-state index in [9.17, 15) is 9.59 Å². The SMILES string of the molecule is CC(C)C1CCN(C(=O)C2CCC(C(=O)O)C2)C1. The van der Waals surface area contributed by atoms with Gasteiger partial charge in [0, 0.05) is 19.0 Å². The topological polar surface area (TPSA) is 57.6 Å². The minimum Gasteiger partial charge on any atom is -0.481 e. The molecule has 0 aromatic heterocycles. The van der Waals surface area contributed by atoms with Crippen molar-refractivity contribution in [3.05, 3.63) is 0 Å². The van der Waals surface area contributed by atoms with Gasteiger partial charge in [-0.15, -0.1) is 0 Å². The van der Waals surface area contributed by atoms with Gasteiger partial charge >= 0.3 is 5.97 Å². The number of carbonyl (C=O) groups excluding carboxylic acids is 1. The van der Waals surface area contributed by atoms with Crippen molar-refractivity contribution in [1.82, 2.24) is 4.90 Å². The van der Waals surface area contributed by atoms with Crippen LogP contribution in [0.4, 0.5) is 0 Å². The highest BCUT2D eigenvalue weighted by atomic mass is 16.4. The van der Waals surface area contributed by atoms with Crippen LogP contribution in [0.5, 0.6) is 0 Å². The molecule has 2 fully saturated rings. The molecule has 1 saturated carbocycles. The summed E-state index contributed by atoms with van der Waals surface area (Å²) in [4.78, 5) is 25.2. The second-order valence-electron chi connectivity index (χ2n) is 6.12. The molecule has 1 aliphatic carbocycles. The lowest BCUT2D eigenvalue weighted by Gasteiger charge is -2.21. The first kappa shape index (κ1) is 13.4. The van der Waals surface area contributed by atoms with E-state index in [1.165, 1.54) is 0 Å². The third-order valence-electron chi connectivity index (χ3n) is 4.61. The molecule has 1 N–H and O–H groups in total. The standard InChI is InChI=1S/C14H23NO3/c1-9(2)12-5-6-15(8-12)13(16)10-3-4-11(7-10)14(17)18/h9-12H,3-8H2,1-2H3,(H,17,18). The smallest absolute Gasteiger partial charge is 0.306 e. The molecule has 4 heteroatoms. The monoisotopic (exact) mass is 253 g/mol. The van der Waals surface area contributed by atoms with Crippen molar-refractivity contribution in [3.8, 4) is 0 Å². The first-order valence-corrected chi connectivity index (χ1v) is 7.00. The highest BCUT2D eigenvalue weighted by molar-refractivity contribution is 5.81. The number of carboxylic acid groups (broad SMARTS) is 1. The van der Waals surface area contributed by atoms with Gasteiger partial charge in [0.2, 0.25) is 5.91 Å². The minimum atomic E-state index is -0.744. The van der Waals surface area contributed by atoms with Gasteiger partial charge in [-0.2, -0.15) is 0 Å². The molecule has 0 aromatic rings. The largest absolute Gasteiger partial charge is 0.481 e. The zero-order valence-corrected chi connectivity index (χ0v) is 11.3. The number of carboxylic acids is 1. The molecule has 4 nitrogen and oxygen atoms in total. The maximum Gasteiger partial charge on any atom is 0.306 e. The van der Waals surface area contributed by atoms with Crippen LogP contribution in [0.1, 0.15) is 39.5 Å². The summed E-state index contributed by atoms with van der Waals surface area (Å²) >= 11 is 0. The lowest BCUT2D eigenvalue weighted by molar-refractivity contribution is -0.141. The summed E-state index contributed by atoms with van der Waals surface area (Å²) in [5, 5.41) is 8.97. The number of amides is 1. The molecule has 1 heterocycles. The number of carbonyl (C=O) groups is 2. The van der Waals surface area contributed by atoms with Crippen LogP contribution < -0.4 is 0 Å². The molecule has 1 saturated heterocycles. The van der Waals surface area contributed by atoms with Crippen LogP contribution >= 0.6 is 0 Å². The molecule has 0 radical (unpaired) electrons. The van der Waals surface area contributed by atoms with Crippen LogP contribution in [0.15, 0.2) is 0 Å². The maximum absolute atomic E-state index is 12.3.